The van der Waals surface area contributed by atoms with E-state index < -0.39 is 0 Å². The first kappa shape index (κ1) is 11.0. The number of fused-ring (bicyclic) bond motifs is 1. The zero-order valence-electron chi connectivity index (χ0n) is 10.2. The van der Waals surface area contributed by atoms with E-state index in [9.17, 15) is 0 Å². The van der Waals surface area contributed by atoms with Crippen molar-refractivity contribution in [2.45, 2.75) is 13.1 Å². The van der Waals surface area contributed by atoms with Crippen LogP contribution in [-0.2, 0) is 20.1 Å². The molecule has 0 aliphatic carbocycles. The molecule has 0 bridgehead atoms. The van der Waals surface area contributed by atoms with Gasteiger partial charge in [0.05, 0.1) is 6.54 Å². The van der Waals surface area contributed by atoms with Gasteiger partial charge in [0, 0.05) is 36.9 Å². The lowest BCUT2D eigenvalue weighted by Crippen LogP contribution is -1.99. The highest BCUT2D eigenvalue weighted by molar-refractivity contribution is 5.84. The molecule has 5 nitrogen and oxygen atoms in total. The Kier molecular flexibility index (Phi) is 2.60. The summed E-state index contributed by atoms with van der Waals surface area (Å²) in [6.45, 7) is 1.27. The Balaban J connectivity index is 2.06. The van der Waals surface area contributed by atoms with Crippen LogP contribution in [0.3, 0.4) is 0 Å². The van der Waals surface area contributed by atoms with Crippen molar-refractivity contribution in [3.8, 4) is 0 Å². The average Bonchev–Trinajstić information content (AvgIpc) is 2.95. The van der Waals surface area contributed by atoms with Crippen LogP contribution < -0.4 is 5.73 Å². The Bertz CT molecular complexity index is 680. The lowest BCUT2D eigenvalue weighted by molar-refractivity contribution is 0.710. The third-order valence-electron chi connectivity index (χ3n) is 3.07. The molecule has 0 amide bonds. The summed E-state index contributed by atoms with van der Waals surface area (Å²) in [6.07, 6.45) is 4.02. The Hall–Kier alpha value is -2.14. The molecule has 0 saturated heterocycles. The van der Waals surface area contributed by atoms with Crippen molar-refractivity contribution in [2.24, 2.45) is 12.8 Å². The number of hydrogen-bond donors (Lipinski definition) is 1. The zero-order chi connectivity index (χ0) is 12.5. The summed E-state index contributed by atoms with van der Waals surface area (Å²) in [6, 6.07) is 8.28. The van der Waals surface area contributed by atoms with Crippen molar-refractivity contribution in [3.63, 3.8) is 0 Å². The van der Waals surface area contributed by atoms with Gasteiger partial charge in [0.2, 0.25) is 0 Å². The number of para-hydroxylation sites is 1. The summed E-state index contributed by atoms with van der Waals surface area (Å²) in [5.74, 6) is 0. The first-order chi connectivity index (χ1) is 8.78. The van der Waals surface area contributed by atoms with E-state index in [2.05, 4.69) is 33.2 Å². The summed E-state index contributed by atoms with van der Waals surface area (Å²) in [5, 5.41) is 9.27. The van der Waals surface area contributed by atoms with Crippen LogP contribution in [-0.4, -0.2) is 19.6 Å². The Labute approximate surface area is 105 Å². The monoisotopic (exact) mass is 241 g/mol. The first-order valence-electron chi connectivity index (χ1n) is 5.90. The van der Waals surface area contributed by atoms with Gasteiger partial charge in [0.25, 0.3) is 0 Å². The Morgan fingerprint density at radius 3 is 2.78 bits per heavy atom. The van der Waals surface area contributed by atoms with Crippen LogP contribution in [0.15, 0.2) is 36.7 Å². The molecule has 0 saturated carbocycles. The molecule has 2 heterocycles. The summed E-state index contributed by atoms with van der Waals surface area (Å²) >= 11 is 0. The highest BCUT2D eigenvalue weighted by Gasteiger charge is 2.08. The van der Waals surface area contributed by atoms with Crippen molar-refractivity contribution in [1.82, 2.24) is 19.6 Å². The predicted molar refractivity (Wildman–Crippen MR) is 69.9 cm³/mol. The lowest BCUT2D eigenvalue weighted by atomic mass is 10.2. The second kappa shape index (κ2) is 4.27. The standard InChI is InChI=1S/C13H15N5/c1-17-8-11(15-16-17)9-18-7-10(6-14)12-4-2-3-5-13(12)18/h2-5,7-8H,6,9,14H2,1H3. The van der Waals surface area contributed by atoms with Crippen molar-refractivity contribution >= 4 is 10.9 Å². The van der Waals surface area contributed by atoms with Gasteiger partial charge in [-0.05, 0) is 11.6 Å². The van der Waals surface area contributed by atoms with Crippen LogP contribution in [0.1, 0.15) is 11.3 Å². The Morgan fingerprint density at radius 2 is 2.06 bits per heavy atom. The van der Waals surface area contributed by atoms with Crippen molar-refractivity contribution in [1.29, 1.82) is 0 Å². The summed E-state index contributed by atoms with van der Waals surface area (Å²) < 4.78 is 3.88. The maximum atomic E-state index is 5.78. The highest BCUT2D eigenvalue weighted by Crippen LogP contribution is 2.21. The Morgan fingerprint density at radius 1 is 1.22 bits per heavy atom. The van der Waals surface area contributed by atoms with E-state index in [0.29, 0.717) is 13.1 Å². The van der Waals surface area contributed by atoms with Gasteiger partial charge >= 0.3 is 0 Å². The van der Waals surface area contributed by atoms with Gasteiger partial charge in [-0.2, -0.15) is 0 Å². The third-order valence-corrected chi connectivity index (χ3v) is 3.07. The molecular weight excluding hydrogens is 226 g/mol. The van der Waals surface area contributed by atoms with E-state index in [4.69, 9.17) is 5.73 Å². The van der Waals surface area contributed by atoms with Crippen molar-refractivity contribution in [2.75, 3.05) is 0 Å². The first-order valence-corrected chi connectivity index (χ1v) is 5.90. The zero-order valence-corrected chi connectivity index (χ0v) is 10.2. The van der Waals surface area contributed by atoms with Crippen LogP contribution in [0, 0.1) is 0 Å². The van der Waals surface area contributed by atoms with Gasteiger partial charge < -0.3 is 10.3 Å². The summed E-state index contributed by atoms with van der Waals surface area (Å²) in [5.41, 5.74) is 9.07. The van der Waals surface area contributed by atoms with Crippen LogP contribution in [0.5, 0.6) is 0 Å². The van der Waals surface area contributed by atoms with Crippen LogP contribution in [0.4, 0.5) is 0 Å². The number of hydrogen-bond acceptors (Lipinski definition) is 3. The SMILES string of the molecule is Cn1cc(Cn2cc(CN)c3ccccc32)nn1. The van der Waals surface area contributed by atoms with Gasteiger partial charge in [-0.25, -0.2) is 0 Å². The normalized spacial score (nSPS) is 11.2. The van der Waals surface area contributed by atoms with Gasteiger partial charge in [-0.15, -0.1) is 5.10 Å². The molecule has 92 valence electrons. The molecule has 0 aliphatic heterocycles. The molecule has 0 radical (unpaired) electrons. The summed E-state index contributed by atoms with van der Waals surface area (Å²) in [7, 11) is 1.87. The van der Waals surface area contributed by atoms with Gasteiger partial charge in [0.15, 0.2) is 0 Å². The smallest absolute Gasteiger partial charge is 0.102 e. The van der Waals surface area contributed by atoms with E-state index in [1.54, 1.807) is 4.68 Å². The molecule has 0 spiro atoms. The van der Waals surface area contributed by atoms with E-state index >= 15 is 0 Å². The van der Waals surface area contributed by atoms with Crippen molar-refractivity contribution in [3.05, 3.63) is 47.9 Å². The molecule has 0 aliphatic rings. The fourth-order valence-corrected chi connectivity index (χ4v) is 2.26. The molecule has 0 unspecified atom stereocenters. The maximum Gasteiger partial charge on any atom is 0.102 e. The number of benzene rings is 1. The minimum Gasteiger partial charge on any atom is -0.341 e. The molecule has 5 heteroatoms. The van der Waals surface area contributed by atoms with Crippen LogP contribution in [0.2, 0.25) is 0 Å². The van der Waals surface area contributed by atoms with Crippen molar-refractivity contribution < 1.29 is 0 Å². The average molecular weight is 241 g/mol. The molecule has 3 rings (SSSR count). The predicted octanol–water partition coefficient (Wildman–Crippen LogP) is 1.28. The van der Waals surface area contributed by atoms with E-state index in [1.807, 2.05) is 25.4 Å². The van der Waals surface area contributed by atoms with Gasteiger partial charge in [-0.3, -0.25) is 4.68 Å². The molecule has 2 aromatic heterocycles. The van der Waals surface area contributed by atoms with Crippen LogP contribution >= 0.6 is 0 Å². The number of nitrogens with zero attached hydrogens (tertiary/aromatic N) is 4. The molecule has 0 fully saturated rings. The molecular formula is C13H15N5. The maximum absolute atomic E-state index is 5.78. The van der Waals surface area contributed by atoms with E-state index in [-0.39, 0.29) is 0 Å². The number of nitrogens with two attached hydrogens (primary N) is 1. The van der Waals surface area contributed by atoms with E-state index in [1.165, 1.54) is 10.9 Å². The minimum absolute atomic E-state index is 0.550. The molecule has 18 heavy (non-hydrogen) atoms. The van der Waals surface area contributed by atoms with Gasteiger partial charge in [-0.1, -0.05) is 23.4 Å². The topological polar surface area (TPSA) is 61.7 Å². The number of aryl methyl sites for hydroxylation is 1. The summed E-state index contributed by atoms with van der Waals surface area (Å²) in [4.78, 5) is 0. The largest absolute Gasteiger partial charge is 0.341 e. The molecule has 0 atom stereocenters. The van der Waals surface area contributed by atoms with Gasteiger partial charge in [0.1, 0.15) is 5.69 Å². The second-order valence-corrected chi connectivity index (χ2v) is 4.39. The third kappa shape index (κ3) is 1.78. The lowest BCUT2D eigenvalue weighted by Gasteiger charge is -2.01. The quantitative estimate of drug-likeness (QED) is 0.751. The highest BCUT2D eigenvalue weighted by atomic mass is 15.4. The second-order valence-electron chi connectivity index (χ2n) is 4.39. The number of rotatable bonds is 3. The minimum atomic E-state index is 0.550. The van der Waals surface area contributed by atoms with E-state index in [0.717, 1.165) is 11.3 Å². The number of aromatic nitrogens is 4. The molecule has 2 N–H and O–H groups in total. The fraction of sp³-hybridized carbons (Fsp3) is 0.231. The fourth-order valence-electron chi connectivity index (χ4n) is 2.26. The molecule has 1 aromatic carbocycles. The van der Waals surface area contributed by atoms with Crippen LogP contribution in [0.25, 0.3) is 10.9 Å². The molecule has 3 aromatic rings.